The number of nitrogens with zero attached hydrogens (tertiary/aromatic N) is 3. The number of hydrogen-bond donors (Lipinski definition) is 1. The topological polar surface area (TPSA) is 38.8 Å². The number of carbonyl (C=O) groups excluding carboxylic acids is 1. The maximum atomic E-state index is 12.4. The molecule has 0 bridgehead atoms. The van der Waals surface area contributed by atoms with Crippen molar-refractivity contribution < 1.29 is 4.79 Å². The SMILES string of the molecule is O=C(NCc1ccc(Cl)cc1)N1CCN(c2ccc(N3CCCC3)cc2)CC1. The van der Waals surface area contributed by atoms with E-state index in [0.717, 1.165) is 31.7 Å². The standard InChI is InChI=1S/C22H27ClN4O/c23-19-5-3-18(4-6-19)17-24-22(28)27-15-13-26(14-16-27)21-9-7-20(8-10-21)25-11-1-2-12-25/h3-10H,1-2,11-17H2,(H,24,28). The van der Waals surface area contributed by atoms with Gasteiger partial charge in [0.15, 0.2) is 0 Å². The molecule has 5 nitrogen and oxygen atoms in total. The number of urea groups is 1. The van der Waals surface area contributed by atoms with E-state index in [1.54, 1.807) is 0 Å². The number of amides is 2. The monoisotopic (exact) mass is 398 g/mol. The molecule has 2 saturated heterocycles. The number of anilines is 2. The fraction of sp³-hybridized carbons (Fsp3) is 0.409. The zero-order valence-corrected chi connectivity index (χ0v) is 16.9. The minimum atomic E-state index is -0.000943. The van der Waals surface area contributed by atoms with E-state index in [9.17, 15) is 4.79 Å². The van der Waals surface area contributed by atoms with E-state index in [1.807, 2.05) is 29.2 Å². The van der Waals surface area contributed by atoms with Crippen molar-refractivity contribution in [3.63, 3.8) is 0 Å². The molecule has 0 radical (unpaired) electrons. The van der Waals surface area contributed by atoms with Gasteiger partial charge in [-0.15, -0.1) is 0 Å². The molecule has 0 aliphatic carbocycles. The summed E-state index contributed by atoms with van der Waals surface area (Å²) < 4.78 is 0. The zero-order chi connectivity index (χ0) is 19.3. The highest BCUT2D eigenvalue weighted by molar-refractivity contribution is 6.30. The lowest BCUT2D eigenvalue weighted by Gasteiger charge is -2.36. The first-order chi connectivity index (χ1) is 13.7. The number of halogens is 1. The molecule has 148 valence electrons. The molecule has 0 saturated carbocycles. The Labute approximate surface area is 171 Å². The molecule has 6 heteroatoms. The molecule has 2 heterocycles. The minimum Gasteiger partial charge on any atom is -0.372 e. The number of hydrogen-bond acceptors (Lipinski definition) is 3. The Kier molecular flexibility index (Phi) is 5.91. The third kappa shape index (κ3) is 4.53. The Hall–Kier alpha value is -2.40. The maximum Gasteiger partial charge on any atom is 0.317 e. The van der Waals surface area contributed by atoms with Crippen LogP contribution in [0.25, 0.3) is 0 Å². The Balaban J connectivity index is 1.25. The van der Waals surface area contributed by atoms with Crippen molar-refractivity contribution in [1.82, 2.24) is 10.2 Å². The fourth-order valence-electron chi connectivity index (χ4n) is 3.91. The molecule has 2 aliphatic heterocycles. The van der Waals surface area contributed by atoms with Crippen LogP contribution in [-0.4, -0.2) is 50.2 Å². The lowest BCUT2D eigenvalue weighted by Crippen LogP contribution is -2.51. The van der Waals surface area contributed by atoms with Crippen molar-refractivity contribution in [2.24, 2.45) is 0 Å². The highest BCUT2D eigenvalue weighted by Crippen LogP contribution is 2.24. The Morgan fingerprint density at radius 2 is 1.32 bits per heavy atom. The summed E-state index contributed by atoms with van der Waals surface area (Å²) in [6.45, 7) is 6.05. The highest BCUT2D eigenvalue weighted by Gasteiger charge is 2.21. The van der Waals surface area contributed by atoms with Gasteiger partial charge < -0.3 is 20.0 Å². The van der Waals surface area contributed by atoms with Crippen LogP contribution < -0.4 is 15.1 Å². The summed E-state index contributed by atoms with van der Waals surface area (Å²) in [5.41, 5.74) is 3.61. The van der Waals surface area contributed by atoms with Gasteiger partial charge in [0.25, 0.3) is 0 Å². The molecule has 0 aromatic heterocycles. The molecular formula is C22H27ClN4O. The molecule has 2 amide bonds. The molecule has 2 fully saturated rings. The lowest BCUT2D eigenvalue weighted by atomic mass is 10.2. The Morgan fingerprint density at radius 1 is 0.786 bits per heavy atom. The molecule has 28 heavy (non-hydrogen) atoms. The smallest absolute Gasteiger partial charge is 0.317 e. The first-order valence-electron chi connectivity index (χ1n) is 10.1. The summed E-state index contributed by atoms with van der Waals surface area (Å²) >= 11 is 5.90. The van der Waals surface area contributed by atoms with Crippen LogP contribution in [0.5, 0.6) is 0 Å². The van der Waals surface area contributed by atoms with Gasteiger partial charge in [0, 0.05) is 62.2 Å². The van der Waals surface area contributed by atoms with Crippen LogP contribution in [0.1, 0.15) is 18.4 Å². The van der Waals surface area contributed by atoms with Crippen molar-refractivity contribution in [2.45, 2.75) is 19.4 Å². The van der Waals surface area contributed by atoms with Gasteiger partial charge in [-0.3, -0.25) is 0 Å². The van der Waals surface area contributed by atoms with E-state index in [-0.39, 0.29) is 6.03 Å². The van der Waals surface area contributed by atoms with E-state index < -0.39 is 0 Å². The Morgan fingerprint density at radius 3 is 1.89 bits per heavy atom. The second-order valence-corrected chi connectivity index (χ2v) is 7.91. The van der Waals surface area contributed by atoms with E-state index in [1.165, 1.54) is 37.3 Å². The molecule has 1 N–H and O–H groups in total. The zero-order valence-electron chi connectivity index (χ0n) is 16.1. The molecular weight excluding hydrogens is 372 g/mol. The number of piperazine rings is 1. The molecule has 2 aromatic rings. The van der Waals surface area contributed by atoms with Crippen molar-refractivity contribution in [2.75, 3.05) is 49.1 Å². The second kappa shape index (κ2) is 8.74. The van der Waals surface area contributed by atoms with Gasteiger partial charge in [0.2, 0.25) is 0 Å². The quantitative estimate of drug-likeness (QED) is 0.846. The summed E-state index contributed by atoms with van der Waals surface area (Å²) in [4.78, 5) is 19.1. The highest BCUT2D eigenvalue weighted by atomic mass is 35.5. The molecule has 4 rings (SSSR count). The molecule has 2 aromatic carbocycles. The van der Waals surface area contributed by atoms with Crippen molar-refractivity contribution in [1.29, 1.82) is 0 Å². The largest absolute Gasteiger partial charge is 0.372 e. The third-order valence-electron chi connectivity index (χ3n) is 5.61. The molecule has 2 aliphatic rings. The Bertz CT molecular complexity index is 779. The van der Waals surface area contributed by atoms with E-state index in [4.69, 9.17) is 11.6 Å². The van der Waals surface area contributed by atoms with Gasteiger partial charge in [-0.2, -0.15) is 0 Å². The van der Waals surface area contributed by atoms with E-state index in [2.05, 4.69) is 39.4 Å². The van der Waals surface area contributed by atoms with Gasteiger partial charge in [0.1, 0.15) is 0 Å². The number of benzene rings is 2. The summed E-state index contributed by atoms with van der Waals surface area (Å²) in [6, 6.07) is 16.4. The number of rotatable bonds is 4. The normalized spacial score (nSPS) is 17.1. The number of carbonyl (C=O) groups is 1. The summed E-state index contributed by atoms with van der Waals surface area (Å²) in [6.07, 6.45) is 2.59. The molecule has 0 spiro atoms. The van der Waals surface area contributed by atoms with E-state index >= 15 is 0 Å². The lowest BCUT2D eigenvalue weighted by molar-refractivity contribution is 0.194. The van der Waals surface area contributed by atoms with Gasteiger partial charge in [-0.05, 0) is 54.8 Å². The summed E-state index contributed by atoms with van der Waals surface area (Å²) in [5.74, 6) is 0. The van der Waals surface area contributed by atoms with Crippen LogP contribution in [0, 0.1) is 0 Å². The van der Waals surface area contributed by atoms with Crippen LogP contribution in [0.2, 0.25) is 5.02 Å². The average Bonchev–Trinajstić information content (AvgIpc) is 3.28. The predicted octanol–water partition coefficient (Wildman–Crippen LogP) is 3.97. The van der Waals surface area contributed by atoms with E-state index in [0.29, 0.717) is 11.6 Å². The van der Waals surface area contributed by atoms with Crippen LogP contribution in [-0.2, 0) is 6.54 Å². The molecule has 0 unspecified atom stereocenters. The van der Waals surface area contributed by atoms with Crippen molar-refractivity contribution in [3.05, 3.63) is 59.1 Å². The number of nitrogens with one attached hydrogen (secondary N) is 1. The predicted molar refractivity (Wildman–Crippen MR) is 115 cm³/mol. The van der Waals surface area contributed by atoms with Gasteiger partial charge in [-0.25, -0.2) is 4.79 Å². The first kappa shape index (κ1) is 18.9. The fourth-order valence-corrected chi connectivity index (χ4v) is 4.04. The first-order valence-corrected chi connectivity index (χ1v) is 10.4. The minimum absolute atomic E-state index is 0.000943. The third-order valence-corrected chi connectivity index (χ3v) is 5.86. The molecule has 0 atom stereocenters. The van der Waals surface area contributed by atoms with Crippen molar-refractivity contribution >= 4 is 29.0 Å². The summed E-state index contributed by atoms with van der Waals surface area (Å²) in [7, 11) is 0. The van der Waals surface area contributed by atoms with Gasteiger partial charge >= 0.3 is 6.03 Å². The van der Waals surface area contributed by atoms with Crippen LogP contribution >= 0.6 is 11.6 Å². The average molecular weight is 399 g/mol. The van der Waals surface area contributed by atoms with Gasteiger partial charge in [0.05, 0.1) is 0 Å². The van der Waals surface area contributed by atoms with Gasteiger partial charge in [-0.1, -0.05) is 23.7 Å². The maximum absolute atomic E-state index is 12.4. The van der Waals surface area contributed by atoms with Crippen LogP contribution in [0.4, 0.5) is 16.2 Å². The van der Waals surface area contributed by atoms with Crippen LogP contribution in [0.15, 0.2) is 48.5 Å². The summed E-state index contributed by atoms with van der Waals surface area (Å²) in [5, 5.41) is 3.71. The van der Waals surface area contributed by atoms with Crippen molar-refractivity contribution in [3.8, 4) is 0 Å². The van der Waals surface area contributed by atoms with Crippen LogP contribution in [0.3, 0.4) is 0 Å². The second-order valence-electron chi connectivity index (χ2n) is 7.47.